The number of benzene rings is 2. The van der Waals surface area contributed by atoms with Crippen LogP contribution in [0.15, 0.2) is 36.4 Å². The van der Waals surface area contributed by atoms with E-state index in [0.29, 0.717) is 19.7 Å². The molecule has 4 rings (SSSR count). The van der Waals surface area contributed by atoms with Gasteiger partial charge in [0.15, 0.2) is 0 Å². The molecule has 0 aliphatic carbocycles. The fraction of sp³-hybridized carbons (Fsp3) is 0.318. The van der Waals surface area contributed by atoms with E-state index in [-0.39, 0.29) is 34.2 Å². The number of rotatable bonds is 5. The summed E-state index contributed by atoms with van der Waals surface area (Å²) in [5.74, 6) is -4.03. The van der Waals surface area contributed by atoms with E-state index in [2.05, 4.69) is 5.32 Å². The molecule has 1 atom stereocenters. The van der Waals surface area contributed by atoms with Crippen LogP contribution in [-0.2, 0) is 16.1 Å². The molecule has 2 aromatic carbocycles. The SMILES string of the molecule is O=C(NNC(=O)C(F)F)c1ccc(CNC(=O)N2CC3(COC3c3ccc(F)c(Cl)c3)C2)c(F)c1. The van der Waals surface area contributed by atoms with Crippen molar-refractivity contribution >= 4 is 29.4 Å². The topological polar surface area (TPSA) is 99.8 Å². The molecule has 0 aromatic heterocycles. The smallest absolute Gasteiger partial charge is 0.317 e. The molecule has 3 N–H and O–H groups in total. The van der Waals surface area contributed by atoms with Gasteiger partial charge in [-0.1, -0.05) is 23.7 Å². The Labute approximate surface area is 201 Å². The van der Waals surface area contributed by atoms with Gasteiger partial charge >= 0.3 is 18.4 Å². The maximum atomic E-state index is 14.4. The summed E-state index contributed by atoms with van der Waals surface area (Å²) in [6.07, 6.45) is -3.63. The number of nitrogens with zero attached hydrogens (tertiary/aromatic N) is 1. The number of urea groups is 1. The number of likely N-dealkylation sites (tertiary alicyclic amines) is 1. The zero-order valence-electron chi connectivity index (χ0n) is 17.9. The molecule has 2 aromatic rings. The number of hydrazine groups is 1. The molecule has 0 radical (unpaired) electrons. The van der Waals surface area contributed by atoms with Crippen molar-refractivity contribution in [2.75, 3.05) is 19.7 Å². The maximum Gasteiger partial charge on any atom is 0.317 e. The van der Waals surface area contributed by atoms with Crippen molar-refractivity contribution < 1.29 is 36.7 Å². The summed E-state index contributed by atoms with van der Waals surface area (Å²) in [4.78, 5) is 36.6. The largest absolute Gasteiger partial charge is 0.372 e. The first-order valence-electron chi connectivity index (χ1n) is 10.4. The summed E-state index contributed by atoms with van der Waals surface area (Å²) < 4.78 is 57.7. The Morgan fingerprint density at radius 2 is 1.83 bits per heavy atom. The fourth-order valence-electron chi connectivity index (χ4n) is 4.00. The van der Waals surface area contributed by atoms with Crippen LogP contribution in [0.5, 0.6) is 0 Å². The number of amides is 4. The quantitative estimate of drug-likeness (QED) is 0.422. The minimum atomic E-state index is -3.32. The third-order valence-electron chi connectivity index (χ3n) is 5.88. The molecule has 2 heterocycles. The van der Waals surface area contributed by atoms with Crippen LogP contribution in [0, 0.1) is 17.0 Å². The van der Waals surface area contributed by atoms with Crippen molar-refractivity contribution in [2.24, 2.45) is 5.41 Å². The second-order valence-electron chi connectivity index (χ2n) is 8.29. The number of halogens is 5. The number of carbonyl (C=O) groups is 3. The highest BCUT2D eigenvalue weighted by atomic mass is 35.5. The average molecular weight is 515 g/mol. The van der Waals surface area contributed by atoms with Gasteiger partial charge < -0.3 is 15.0 Å². The third-order valence-corrected chi connectivity index (χ3v) is 6.17. The van der Waals surface area contributed by atoms with Gasteiger partial charge in [-0.25, -0.2) is 13.6 Å². The molecule has 2 saturated heterocycles. The van der Waals surface area contributed by atoms with Crippen molar-refractivity contribution in [1.29, 1.82) is 0 Å². The molecule has 1 spiro atoms. The average Bonchev–Trinajstić information content (AvgIpc) is 2.77. The molecule has 0 bridgehead atoms. The number of carbonyl (C=O) groups excluding carboxylic acids is 3. The van der Waals surface area contributed by atoms with Crippen LogP contribution in [0.1, 0.15) is 27.6 Å². The lowest BCUT2D eigenvalue weighted by Crippen LogP contribution is -2.69. The van der Waals surface area contributed by atoms with E-state index in [1.54, 1.807) is 11.5 Å². The van der Waals surface area contributed by atoms with Crippen LogP contribution < -0.4 is 16.2 Å². The van der Waals surface area contributed by atoms with Crippen LogP contribution >= 0.6 is 11.6 Å². The number of alkyl halides is 2. The van der Waals surface area contributed by atoms with Gasteiger partial charge in [0.2, 0.25) is 0 Å². The third kappa shape index (κ3) is 5.03. The summed E-state index contributed by atoms with van der Waals surface area (Å²) >= 11 is 5.85. The lowest BCUT2D eigenvalue weighted by Gasteiger charge is -2.59. The zero-order valence-corrected chi connectivity index (χ0v) is 18.7. The fourth-order valence-corrected chi connectivity index (χ4v) is 4.19. The van der Waals surface area contributed by atoms with Gasteiger partial charge in [0.1, 0.15) is 11.6 Å². The Bertz CT molecular complexity index is 1180. The zero-order chi connectivity index (χ0) is 25.3. The van der Waals surface area contributed by atoms with Crippen molar-refractivity contribution in [1.82, 2.24) is 21.1 Å². The predicted octanol–water partition coefficient (Wildman–Crippen LogP) is 2.93. The first-order chi connectivity index (χ1) is 16.6. The summed E-state index contributed by atoms with van der Waals surface area (Å²) in [6, 6.07) is 7.27. The van der Waals surface area contributed by atoms with E-state index in [4.69, 9.17) is 16.3 Å². The second kappa shape index (κ2) is 9.70. The van der Waals surface area contributed by atoms with E-state index in [9.17, 15) is 31.9 Å². The van der Waals surface area contributed by atoms with Crippen LogP contribution in [-0.4, -0.2) is 48.9 Å². The minimum absolute atomic E-state index is 0.00879. The van der Waals surface area contributed by atoms with Crippen LogP contribution in [0.4, 0.5) is 22.4 Å². The Hall–Kier alpha value is -3.38. The highest BCUT2D eigenvalue weighted by Gasteiger charge is 2.58. The van der Waals surface area contributed by atoms with E-state index in [1.807, 2.05) is 0 Å². The van der Waals surface area contributed by atoms with Gasteiger partial charge in [0.25, 0.3) is 5.91 Å². The van der Waals surface area contributed by atoms with Crippen molar-refractivity contribution in [3.63, 3.8) is 0 Å². The lowest BCUT2D eigenvalue weighted by atomic mass is 9.69. The van der Waals surface area contributed by atoms with Gasteiger partial charge in [-0.15, -0.1) is 0 Å². The molecule has 13 heteroatoms. The Morgan fingerprint density at radius 3 is 2.43 bits per heavy atom. The molecular weight excluding hydrogens is 496 g/mol. The Kier molecular flexibility index (Phi) is 6.86. The van der Waals surface area contributed by atoms with Crippen molar-refractivity contribution in [3.8, 4) is 0 Å². The molecule has 0 saturated carbocycles. The van der Waals surface area contributed by atoms with E-state index in [1.165, 1.54) is 34.6 Å². The van der Waals surface area contributed by atoms with Gasteiger partial charge in [-0.05, 0) is 29.8 Å². The molecule has 2 aliphatic rings. The normalized spacial score (nSPS) is 18.0. The summed E-state index contributed by atoms with van der Waals surface area (Å²) in [5, 5.41) is 2.59. The molecule has 2 aliphatic heterocycles. The predicted molar refractivity (Wildman–Crippen MR) is 114 cm³/mol. The summed E-state index contributed by atoms with van der Waals surface area (Å²) in [6.45, 7) is 1.06. The monoisotopic (exact) mass is 514 g/mol. The number of ether oxygens (including phenoxy) is 1. The molecular formula is C22H19ClF4N4O4. The number of hydrogen-bond acceptors (Lipinski definition) is 4. The summed E-state index contributed by atoms with van der Waals surface area (Å²) in [7, 11) is 0. The molecule has 2 fully saturated rings. The van der Waals surface area contributed by atoms with Crippen LogP contribution in [0.25, 0.3) is 0 Å². The highest BCUT2D eigenvalue weighted by molar-refractivity contribution is 6.30. The van der Waals surface area contributed by atoms with Gasteiger partial charge in [0.05, 0.1) is 23.1 Å². The van der Waals surface area contributed by atoms with Crippen LogP contribution in [0.2, 0.25) is 5.02 Å². The molecule has 8 nitrogen and oxygen atoms in total. The molecule has 35 heavy (non-hydrogen) atoms. The molecule has 4 amide bonds. The first kappa shape index (κ1) is 24.7. The van der Waals surface area contributed by atoms with Crippen molar-refractivity contribution in [3.05, 3.63) is 69.7 Å². The number of nitrogens with one attached hydrogen (secondary N) is 3. The molecule has 1 unspecified atom stereocenters. The Morgan fingerprint density at radius 1 is 1.09 bits per heavy atom. The standard InChI is InChI=1S/C22H19ClF4N4O4/c23-14-5-11(3-4-15(14)24)17-22(10-35-17)8-31(9-22)21(34)28-7-13-2-1-12(6-16(13)25)19(32)29-30-20(33)18(26)27/h1-6,17-18H,7-10H2,(H,28,34)(H,29,32)(H,30,33). The van der Waals surface area contributed by atoms with Crippen molar-refractivity contribution in [2.45, 2.75) is 19.1 Å². The minimum Gasteiger partial charge on any atom is -0.372 e. The molecule has 186 valence electrons. The Balaban J connectivity index is 1.27. The van der Waals surface area contributed by atoms with E-state index in [0.717, 1.165) is 11.6 Å². The highest BCUT2D eigenvalue weighted by Crippen LogP contribution is 2.52. The van der Waals surface area contributed by atoms with E-state index >= 15 is 0 Å². The van der Waals surface area contributed by atoms with E-state index < -0.39 is 35.9 Å². The maximum absolute atomic E-state index is 14.4. The van der Waals surface area contributed by atoms with Gasteiger partial charge in [0, 0.05) is 30.8 Å². The first-order valence-corrected chi connectivity index (χ1v) is 10.7. The van der Waals surface area contributed by atoms with Gasteiger partial charge in [-0.3, -0.25) is 20.4 Å². The van der Waals surface area contributed by atoms with Gasteiger partial charge in [-0.2, -0.15) is 8.78 Å². The van der Waals surface area contributed by atoms with Crippen LogP contribution in [0.3, 0.4) is 0 Å². The second-order valence-corrected chi connectivity index (χ2v) is 8.70. The lowest BCUT2D eigenvalue weighted by molar-refractivity contribution is -0.240. The summed E-state index contributed by atoms with van der Waals surface area (Å²) in [5.41, 5.74) is 3.57. The number of hydrogen-bond donors (Lipinski definition) is 3.